The molecular formula is C18H30N4O3. The molecule has 0 unspecified atom stereocenters. The molecule has 25 heavy (non-hydrogen) atoms. The third-order valence-electron chi connectivity index (χ3n) is 5.24. The molecule has 2 aliphatic rings. The number of carbonyl (C=O) groups excluding carboxylic acids is 1. The predicted molar refractivity (Wildman–Crippen MR) is 94.5 cm³/mol. The quantitative estimate of drug-likeness (QED) is 0.756. The van der Waals surface area contributed by atoms with Crippen molar-refractivity contribution in [1.82, 2.24) is 20.7 Å². The number of likely N-dealkylation sites (N-methyl/N-ethyl adjacent to an activating group) is 1. The van der Waals surface area contributed by atoms with Gasteiger partial charge in [-0.1, -0.05) is 5.16 Å². The summed E-state index contributed by atoms with van der Waals surface area (Å²) >= 11 is 0. The lowest BCUT2D eigenvalue weighted by Crippen LogP contribution is -2.52. The summed E-state index contributed by atoms with van der Waals surface area (Å²) in [6.45, 7) is 4.65. The zero-order chi connectivity index (χ0) is 17.7. The van der Waals surface area contributed by atoms with Crippen molar-refractivity contribution in [1.29, 1.82) is 0 Å². The first kappa shape index (κ1) is 18.4. The highest BCUT2D eigenvalue weighted by Crippen LogP contribution is 2.33. The molecule has 0 bridgehead atoms. The number of carbonyl (C=O) groups is 1. The fraction of sp³-hybridized carbons (Fsp3) is 0.778. The van der Waals surface area contributed by atoms with Gasteiger partial charge < -0.3 is 24.8 Å². The predicted octanol–water partition coefficient (Wildman–Crippen LogP) is 0.769. The number of hydrogen-bond donors (Lipinski definition) is 2. The van der Waals surface area contributed by atoms with Gasteiger partial charge in [-0.2, -0.15) is 0 Å². The van der Waals surface area contributed by atoms with Gasteiger partial charge in [-0.3, -0.25) is 4.79 Å². The number of piperidine rings is 1. The Morgan fingerprint density at radius 1 is 1.52 bits per heavy atom. The van der Waals surface area contributed by atoms with Gasteiger partial charge in [0.1, 0.15) is 5.76 Å². The number of amides is 1. The highest BCUT2D eigenvalue weighted by atomic mass is 16.5. The summed E-state index contributed by atoms with van der Waals surface area (Å²) in [5.41, 5.74) is 0.507. The molecular weight excluding hydrogens is 320 g/mol. The molecule has 0 saturated carbocycles. The molecule has 7 heteroatoms. The molecule has 1 aromatic rings. The van der Waals surface area contributed by atoms with Crippen molar-refractivity contribution in [2.24, 2.45) is 5.41 Å². The Labute approximate surface area is 149 Å². The lowest BCUT2D eigenvalue weighted by molar-refractivity contribution is -0.132. The minimum Gasteiger partial charge on any atom is -0.381 e. The van der Waals surface area contributed by atoms with Crippen LogP contribution in [-0.4, -0.2) is 69.5 Å². The van der Waals surface area contributed by atoms with Crippen LogP contribution in [0.1, 0.15) is 36.6 Å². The van der Waals surface area contributed by atoms with Crippen LogP contribution in [0.5, 0.6) is 0 Å². The van der Waals surface area contributed by atoms with Crippen molar-refractivity contribution in [3.05, 3.63) is 17.5 Å². The number of rotatable bonds is 7. The molecule has 3 rings (SSSR count). The average Bonchev–Trinajstić information content (AvgIpc) is 3.26. The van der Waals surface area contributed by atoms with Crippen molar-refractivity contribution in [3.63, 3.8) is 0 Å². The number of aromatic nitrogens is 1. The number of nitrogens with one attached hydrogen (secondary N) is 2. The van der Waals surface area contributed by atoms with Crippen molar-refractivity contribution in [3.8, 4) is 0 Å². The van der Waals surface area contributed by atoms with E-state index in [9.17, 15) is 4.79 Å². The Balaban J connectivity index is 1.66. The molecule has 7 nitrogen and oxygen atoms in total. The zero-order valence-corrected chi connectivity index (χ0v) is 15.3. The van der Waals surface area contributed by atoms with E-state index >= 15 is 0 Å². The van der Waals surface area contributed by atoms with Crippen molar-refractivity contribution in [2.75, 3.05) is 53.5 Å². The molecule has 2 aliphatic heterocycles. The van der Waals surface area contributed by atoms with E-state index in [1.165, 1.54) is 0 Å². The van der Waals surface area contributed by atoms with E-state index in [2.05, 4.69) is 20.7 Å². The Bertz CT molecular complexity index is 560. The van der Waals surface area contributed by atoms with E-state index in [1.807, 2.05) is 20.2 Å². The van der Waals surface area contributed by atoms with E-state index < -0.39 is 5.41 Å². The molecule has 0 radical (unpaired) electrons. The molecule has 1 amide bonds. The minimum absolute atomic E-state index is 0.115. The maximum atomic E-state index is 12.9. The van der Waals surface area contributed by atoms with Gasteiger partial charge in [0.2, 0.25) is 5.91 Å². The standard InChI is InChI=1S/C18H30N4O3/c1-22(2)8-7-20-17(23)18(5-3-6-19-13-18)11-15-10-16(21-25-15)14-4-9-24-12-14/h10,14,19H,3-9,11-13H2,1-2H3,(H,20,23)/t14-,18+/m0/s1. The number of nitrogens with zero attached hydrogens (tertiary/aromatic N) is 2. The first-order chi connectivity index (χ1) is 12.1. The molecule has 2 fully saturated rings. The third-order valence-corrected chi connectivity index (χ3v) is 5.24. The smallest absolute Gasteiger partial charge is 0.228 e. The van der Waals surface area contributed by atoms with E-state index in [1.54, 1.807) is 0 Å². The Kier molecular flexibility index (Phi) is 6.09. The molecule has 0 spiro atoms. The molecule has 2 saturated heterocycles. The Hall–Kier alpha value is -1.44. The van der Waals surface area contributed by atoms with Gasteiger partial charge >= 0.3 is 0 Å². The summed E-state index contributed by atoms with van der Waals surface area (Å²) < 4.78 is 11.0. The van der Waals surface area contributed by atoms with Crippen LogP contribution in [0.3, 0.4) is 0 Å². The molecule has 3 heterocycles. The molecule has 1 aromatic heterocycles. The Morgan fingerprint density at radius 3 is 3.08 bits per heavy atom. The normalized spacial score (nSPS) is 26.9. The highest BCUT2D eigenvalue weighted by Gasteiger charge is 2.41. The molecule has 0 aromatic carbocycles. The van der Waals surface area contributed by atoms with E-state index in [0.717, 1.165) is 50.4 Å². The van der Waals surface area contributed by atoms with Gasteiger partial charge in [0.15, 0.2) is 0 Å². The van der Waals surface area contributed by atoms with Crippen LogP contribution in [-0.2, 0) is 16.0 Å². The summed E-state index contributed by atoms with van der Waals surface area (Å²) in [5.74, 6) is 1.24. The van der Waals surface area contributed by atoms with Gasteiger partial charge in [-0.05, 0) is 39.9 Å². The van der Waals surface area contributed by atoms with Gasteiger partial charge in [-0.25, -0.2) is 0 Å². The maximum Gasteiger partial charge on any atom is 0.228 e. The van der Waals surface area contributed by atoms with Crippen LogP contribution >= 0.6 is 0 Å². The van der Waals surface area contributed by atoms with Gasteiger partial charge in [-0.15, -0.1) is 0 Å². The number of ether oxygens (including phenoxy) is 1. The van der Waals surface area contributed by atoms with Gasteiger partial charge in [0, 0.05) is 44.6 Å². The first-order valence-corrected chi connectivity index (χ1v) is 9.26. The summed E-state index contributed by atoms with van der Waals surface area (Å²) in [5, 5.41) is 10.7. The van der Waals surface area contributed by atoms with Crippen LogP contribution < -0.4 is 10.6 Å². The van der Waals surface area contributed by atoms with Crippen LogP contribution in [0.15, 0.2) is 10.6 Å². The maximum absolute atomic E-state index is 12.9. The molecule has 140 valence electrons. The minimum atomic E-state index is -0.451. The van der Waals surface area contributed by atoms with Crippen molar-refractivity contribution < 1.29 is 14.1 Å². The summed E-state index contributed by atoms with van der Waals surface area (Å²) in [6, 6.07) is 2.02. The van der Waals surface area contributed by atoms with Crippen LogP contribution in [0.4, 0.5) is 0 Å². The van der Waals surface area contributed by atoms with Crippen LogP contribution in [0.25, 0.3) is 0 Å². The topological polar surface area (TPSA) is 79.6 Å². The van der Waals surface area contributed by atoms with Gasteiger partial charge in [0.25, 0.3) is 0 Å². The summed E-state index contributed by atoms with van der Waals surface area (Å²) in [4.78, 5) is 15.0. The third kappa shape index (κ3) is 4.59. The SMILES string of the molecule is CN(C)CCNC(=O)[C@@]1(Cc2cc([C@H]3CCOC3)no2)CCCNC1. The second-order valence-electron chi connectivity index (χ2n) is 7.58. The molecule has 0 aliphatic carbocycles. The summed E-state index contributed by atoms with van der Waals surface area (Å²) in [7, 11) is 4.01. The molecule has 2 N–H and O–H groups in total. The van der Waals surface area contributed by atoms with Gasteiger partial charge in [0.05, 0.1) is 17.7 Å². The lowest BCUT2D eigenvalue weighted by atomic mass is 9.76. The van der Waals surface area contributed by atoms with Crippen LogP contribution in [0, 0.1) is 5.41 Å². The second-order valence-corrected chi connectivity index (χ2v) is 7.58. The van der Waals surface area contributed by atoms with E-state index in [-0.39, 0.29) is 5.91 Å². The van der Waals surface area contributed by atoms with E-state index in [0.29, 0.717) is 32.0 Å². The van der Waals surface area contributed by atoms with Crippen molar-refractivity contribution in [2.45, 2.75) is 31.6 Å². The first-order valence-electron chi connectivity index (χ1n) is 9.26. The fourth-order valence-corrected chi connectivity index (χ4v) is 3.68. The fourth-order valence-electron chi connectivity index (χ4n) is 3.68. The van der Waals surface area contributed by atoms with Crippen molar-refractivity contribution >= 4 is 5.91 Å². The lowest BCUT2D eigenvalue weighted by Gasteiger charge is -2.35. The summed E-state index contributed by atoms with van der Waals surface area (Å²) in [6.07, 6.45) is 3.45. The largest absolute Gasteiger partial charge is 0.381 e. The Morgan fingerprint density at radius 2 is 2.40 bits per heavy atom. The van der Waals surface area contributed by atoms with E-state index in [4.69, 9.17) is 9.26 Å². The van der Waals surface area contributed by atoms with Crippen LogP contribution in [0.2, 0.25) is 0 Å². The zero-order valence-electron chi connectivity index (χ0n) is 15.3. The molecule has 2 atom stereocenters. The monoisotopic (exact) mass is 350 g/mol. The average molecular weight is 350 g/mol. The number of hydrogen-bond acceptors (Lipinski definition) is 6. The highest BCUT2D eigenvalue weighted by molar-refractivity contribution is 5.83. The second kappa shape index (κ2) is 8.29.